The first-order chi connectivity index (χ1) is 15.4. The van der Waals surface area contributed by atoms with Gasteiger partial charge in [-0.3, -0.25) is 4.79 Å². The summed E-state index contributed by atoms with van der Waals surface area (Å²) in [5, 5.41) is 1.60. The number of ether oxygens (including phenoxy) is 2. The van der Waals surface area contributed by atoms with E-state index >= 15 is 0 Å². The molecular weight excluding hydrogens is 442 g/mol. The first-order valence-corrected chi connectivity index (χ1v) is 12.1. The number of benzene rings is 2. The standard InChI is InChI=1S/C25H29NO6S/c1-16(2)23(24(27)32-25(3,4)5)26-33(28,29)18-10-11-19-20-14-17(8-7-13-30-6)9-12-21(20)31-22(19)15-18/h9-12,14-16,23,26H,13H2,1-6H3/t23-/m0/s1. The summed E-state index contributed by atoms with van der Waals surface area (Å²) >= 11 is 0. The molecule has 8 heteroatoms. The summed E-state index contributed by atoms with van der Waals surface area (Å²) in [6.45, 7) is 9.06. The van der Waals surface area contributed by atoms with Crippen molar-refractivity contribution in [1.82, 2.24) is 4.72 Å². The minimum atomic E-state index is -4.00. The van der Waals surface area contributed by atoms with Crippen LogP contribution >= 0.6 is 0 Å². The smallest absolute Gasteiger partial charge is 0.324 e. The molecule has 0 saturated carbocycles. The van der Waals surface area contributed by atoms with Crippen molar-refractivity contribution < 1.29 is 27.1 Å². The van der Waals surface area contributed by atoms with Gasteiger partial charge in [0, 0.05) is 29.5 Å². The third-order valence-electron chi connectivity index (χ3n) is 4.81. The monoisotopic (exact) mass is 471 g/mol. The molecule has 0 unspecified atom stereocenters. The van der Waals surface area contributed by atoms with Crippen LogP contribution in [0.2, 0.25) is 0 Å². The maximum Gasteiger partial charge on any atom is 0.324 e. The number of methoxy groups -OCH3 is 1. The number of rotatable bonds is 6. The van der Waals surface area contributed by atoms with Crippen LogP contribution in [0, 0.1) is 17.8 Å². The second-order valence-electron chi connectivity index (χ2n) is 9.08. The molecule has 2 aromatic carbocycles. The van der Waals surface area contributed by atoms with Crippen molar-refractivity contribution in [3.8, 4) is 11.8 Å². The molecule has 1 heterocycles. The van der Waals surface area contributed by atoms with Gasteiger partial charge in [0.2, 0.25) is 10.0 Å². The highest BCUT2D eigenvalue weighted by Crippen LogP contribution is 2.31. The third kappa shape index (κ3) is 5.93. The Kier molecular flexibility index (Phi) is 7.17. The Morgan fingerprint density at radius 2 is 1.82 bits per heavy atom. The van der Waals surface area contributed by atoms with Crippen LogP contribution in [-0.4, -0.2) is 39.7 Å². The third-order valence-corrected chi connectivity index (χ3v) is 6.25. The maximum absolute atomic E-state index is 13.1. The van der Waals surface area contributed by atoms with E-state index in [1.165, 1.54) is 12.1 Å². The van der Waals surface area contributed by atoms with Crippen molar-refractivity contribution in [2.24, 2.45) is 5.92 Å². The summed E-state index contributed by atoms with van der Waals surface area (Å²) in [4.78, 5) is 12.6. The predicted octanol–water partition coefficient (Wildman–Crippen LogP) is 4.23. The molecule has 1 aromatic heterocycles. The molecule has 0 aliphatic heterocycles. The molecule has 0 amide bonds. The zero-order chi connectivity index (χ0) is 24.4. The Morgan fingerprint density at radius 1 is 1.09 bits per heavy atom. The molecule has 7 nitrogen and oxygen atoms in total. The summed E-state index contributed by atoms with van der Waals surface area (Å²) in [5.74, 6) is 5.01. The quantitative estimate of drug-likeness (QED) is 0.427. The first-order valence-electron chi connectivity index (χ1n) is 10.6. The Morgan fingerprint density at radius 3 is 2.45 bits per heavy atom. The van der Waals surface area contributed by atoms with E-state index in [2.05, 4.69) is 16.6 Å². The number of fused-ring (bicyclic) bond motifs is 3. The Hall–Kier alpha value is -2.86. The highest BCUT2D eigenvalue weighted by atomic mass is 32.2. The molecule has 3 rings (SSSR count). The molecule has 33 heavy (non-hydrogen) atoms. The van der Waals surface area contributed by atoms with Crippen LogP contribution in [0.15, 0.2) is 45.7 Å². The highest BCUT2D eigenvalue weighted by Gasteiger charge is 2.32. The molecule has 0 spiro atoms. The van der Waals surface area contributed by atoms with Crippen molar-refractivity contribution >= 4 is 37.9 Å². The summed E-state index contributed by atoms with van der Waals surface area (Å²) in [5.41, 5.74) is 1.12. The zero-order valence-electron chi connectivity index (χ0n) is 19.7. The van der Waals surface area contributed by atoms with Crippen molar-refractivity contribution in [2.75, 3.05) is 13.7 Å². The van der Waals surface area contributed by atoms with Gasteiger partial charge in [-0.1, -0.05) is 25.7 Å². The van der Waals surface area contributed by atoms with Crippen LogP contribution < -0.4 is 4.72 Å². The molecule has 3 aromatic rings. The molecule has 0 radical (unpaired) electrons. The van der Waals surface area contributed by atoms with E-state index in [0.29, 0.717) is 17.8 Å². The number of carbonyl (C=O) groups is 1. The lowest BCUT2D eigenvalue weighted by Crippen LogP contribution is -2.47. The Bertz CT molecular complexity index is 1340. The van der Waals surface area contributed by atoms with Gasteiger partial charge < -0.3 is 13.9 Å². The minimum absolute atomic E-state index is 0.00312. The Balaban J connectivity index is 1.94. The number of carbonyl (C=O) groups excluding carboxylic acids is 1. The van der Waals surface area contributed by atoms with Crippen LogP contribution in [0.25, 0.3) is 21.9 Å². The molecule has 0 aliphatic rings. The predicted molar refractivity (Wildman–Crippen MR) is 127 cm³/mol. The zero-order valence-corrected chi connectivity index (χ0v) is 20.5. The van der Waals surface area contributed by atoms with E-state index in [0.717, 1.165) is 16.3 Å². The number of nitrogens with one attached hydrogen (secondary N) is 1. The van der Waals surface area contributed by atoms with E-state index in [4.69, 9.17) is 13.9 Å². The summed E-state index contributed by atoms with van der Waals surface area (Å²) in [6, 6.07) is 9.16. The number of sulfonamides is 1. The lowest BCUT2D eigenvalue weighted by Gasteiger charge is -2.26. The van der Waals surface area contributed by atoms with Gasteiger partial charge in [-0.15, -0.1) is 0 Å². The maximum atomic E-state index is 13.1. The molecule has 1 atom stereocenters. The van der Waals surface area contributed by atoms with Gasteiger partial charge in [-0.2, -0.15) is 4.72 Å². The van der Waals surface area contributed by atoms with E-state index in [1.54, 1.807) is 53.9 Å². The molecule has 0 bridgehead atoms. The van der Waals surface area contributed by atoms with Gasteiger partial charge in [-0.05, 0) is 57.0 Å². The second-order valence-corrected chi connectivity index (χ2v) is 10.8. The topological polar surface area (TPSA) is 94.8 Å². The molecule has 176 valence electrons. The molecule has 1 N–H and O–H groups in total. The van der Waals surface area contributed by atoms with Crippen molar-refractivity contribution in [2.45, 2.75) is 51.2 Å². The van der Waals surface area contributed by atoms with Gasteiger partial charge in [0.1, 0.15) is 29.4 Å². The van der Waals surface area contributed by atoms with Crippen LogP contribution in [0.3, 0.4) is 0 Å². The average Bonchev–Trinajstić information content (AvgIpc) is 3.08. The van der Waals surface area contributed by atoms with E-state index in [-0.39, 0.29) is 10.8 Å². The number of esters is 1. The SMILES string of the molecule is COCC#Cc1ccc2oc3cc(S(=O)(=O)N[C@H](C(=O)OC(C)(C)C)C(C)C)ccc3c2c1. The summed E-state index contributed by atoms with van der Waals surface area (Å²) in [7, 11) is -2.42. The number of furan rings is 1. The van der Waals surface area contributed by atoms with Crippen LogP contribution in [0.4, 0.5) is 0 Å². The fourth-order valence-electron chi connectivity index (χ4n) is 3.27. The molecule has 0 fully saturated rings. The van der Waals surface area contributed by atoms with E-state index in [9.17, 15) is 13.2 Å². The van der Waals surface area contributed by atoms with Crippen LogP contribution in [0.5, 0.6) is 0 Å². The van der Waals surface area contributed by atoms with Gasteiger partial charge in [0.25, 0.3) is 0 Å². The minimum Gasteiger partial charge on any atom is -0.459 e. The van der Waals surface area contributed by atoms with Crippen molar-refractivity contribution in [1.29, 1.82) is 0 Å². The Labute approximate surface area is 194 Å². The molecular formula is C25H29NO6S. The fourth-order valence-corrected chi connectivity index (χ4v) is 4.62. The lowest BCUT2D eigenvalue weighted by molar-refractivity contribution is -0.158. The van der Waals surface area contributed by atoms with Crippen LogP contribution in [-0.2, 0) is 24.3 Å². The lowest BCUT2D eigenvalue weighted by atomic mass is 10.1. The molecule has 0 saturated heterocycles. The number of hydrogen-bond acceptors (Lipinski definition) is 6. The largest absolute Gasteiger partial charge is 0.459 e. The normalized spacial score (nSPS) is 13.2. The van der Waals surface area contributed by atoms with Crippen molar-refractivity contribution in [3.05, 3.63) is 42.0 Å². The average molecular weight is 472 g/mol. The molecule has 0 aliphatic carbocycles. The van der Waals surface area contributed by atoms with Crippen LogP contribution in [0.1, 0.15) is 40.2 Å². The van der Waals surface area contributed by atoms with Gasteiger partial charge in [0.05, 0.1) is 4.90 Å². The van der Waals surface area contributed by atoms with E-state index in [1.807, 2.05) is 12.1 Å². The van der Waals surface area contributed by atoms with Gasteiger partial charge >= 0.3 is 5.97 Å². The van der Waals surface area contributed by atoms with Gasteiger partial charge in [0.15, 0.2) is 0 Å². The van der Waals surface area contributed by atoms with E-state index < -0.39 is 27.6 Å². The summed E-state index contributed by atoms with van der Waals surface area (Å²) < 4.78 is 44.9. The first kappa shape index (κ1) is 24.8. The van der Waals surface area contributed by atoms with Gasteiger partial charge in [-0.25, -0.2) is 8.42 Å². The highest BCUT2D eigenvalue weighted by molar-refractivity contribution is 7.89. The number of hydrogen-bond donors (Lipinski definition) is 1. The fraction of sp³-hybridized carbons (Fsp3) is 0.400. The van der Waals surface area contributed by atoms with Crippen molar-refractivity contribution in [3.63, 3.8) is 0 Å². The summed E-state index contributed by atoms with van der Waals surface area (Å²) in [6.07, 6.45) is 0. The second kappa shape index (κ2) is 9.56.